The first-order valence-corrected chi connectivity index (χ1v) is 7.04. The average Bonchev–Trinajstić information content (AvgIpc) is 2.37. The molecular formula is C13H20N4O4. The molecule has 0 spiro atoms. The summed E-state index contributed by atoms with van der Waals surface area (Å²) >= 11 is 0. The van der Waals surface area contributed by atoms with Gasteiger partial charge in [0.2, 0.25) is 23.6 Å². The van der Waals surface area contributed by atoms with Gasteiger partial charge in [0.15, 0.2) is 0 Å². The van der Waals surface area contributed by atoms with Crippen molar-refractivity contribution in [1.82, 2.24) is 20.4 Å². The number of amides is 4. The van der Waals surface area contributed by atoms with Crippen LogP contribution in [0.25, 0.3) is 0 Å². The first-order valence-electron chi connectivity index (χ1n) is 7.04. The van der Waals surface area contributed by atoms with Gasteiger partial charge in [-0.3, -0.25) is 39.6 Å². The number of nitrogens with zero attached hydrogens (tertiary/aromatic N) is 2. The summed E-state index contributed by atoms with van der Waals surface area (Å²) < 4.78 is 0. The number of rotatable bonds is 4. The fourth-order valence-corrected chi connectivity index (χ4v) is 2.99. The molecule has 116 valence electrons. The maximum absolute atomic E-state index is 11.5. The van der Waals surface area contributed by atoms with Crippen LogP contribution in [0.5, 0.6) is 0 Å². The molecule has 8 heteroatoms. The molecule has 4 amide bonds. The molecule has 21 heavy (non-hydrogen) atoms. The first-order chi connectivity index (χ1) is 9.90. The quantitative estimate of drug-likeness (QED) is 0.586. The van der Waals surface area contributed by atoms with E-state index in [9.17, 15) is 19.2 Å². The topological polar surface area (TPSA) is 98.8 Å². The second-order valence-corrected chi connectivity index (χ2v) is 5.47. The van der Waals surface area contributed by atoms with Crippen molar-refractivity contribution >= 4 is 23.6 Å². The summed E-state index contributed by atoms with van der Waals surface area (Å²) in [7, 11) is 0. The van der Waals surface area contributed by atoms with Crippen molar-refractivity contribution in [3.8, 4) is 0 Å². The normalized spacial score (nSPS) is 24.5. The second kappa shape index (κ2) is 6.31. The van der Waals surface area contributed by atoms with E-state index in [1.807, 2.05) is 18.7 Å². The van der Waals surface area contributed by atoms with E-state index < -0.39 is 0 Å². The highest BCUT2D eigenvalue weighted by molar-refractivity contribution is 6.00. The van der Waals surface area contributed by atoms with Gasteiger partial charge in [0.05, 0.1) is 26.2 Å². The number of carbonyl (C=O) groups excluding carboxylic acids is 4. The lowest BCUT2D eigenvalue weighted by Crippen LogP contribution is -2.62. The van der Waals surface area contributed by atoms with Crippen molar-refractivity contribution in [2.75, 3.05) is 26.2 Å². The van der Waals surface area contributed by atoms with Crippen molar-refractivity contribution in [2.24, 2.45) is 0 Å². The van der Waals surface area contributed by atoms with Gasteiger partial charge >= 0.3 is 0 Å². The smallest absolute Gasteiger partial charge is 0.240 e. The molecule has 2 fully saturated rings. The van der Waals surface area contributed by atoms with Crippen LogP contribution in [-0.2, 0) is 19.2 Å². The van der Waals surface area contributed by atoms with E-state index in [2.05, 4.69) is 10.6 Å². The number of hydrogen-bond donors (Lipinski definition) is 2. The molecule has 2 aliphatic rings. The van der Waals surface area contributed by atoms with Gasteiger partial charge in [-0.2, -0.15) is 0 Å². The number of hydrogen-bond acceptors (Lipinski definition) is 6. The summed E-state index contributed by atoms with van der Waals surface area (Å²) in [5, 5.41) is 4.53. The summed E-state index contributed by atoms with van der Waals surface area (Å²) in [6.45, 7) is 4.49. The summed E-state index contributed by atoms with van der Waals surface area (Å²) in [4.78, 5) is 49.5. The molecule has 2 atom stereocenters. The van der Waals surface area contributed by atoms with Crippen molar-refractivity contribution in [2.45, 2.75) is 32.4 Å². The molecule has 2 heterocycles. The number of piperazine rings is 2. The Labute approximate surface area is 122 Å². The minimum atomic E-state index is -0.319. The fourth-order valence-electron chi connectivity index (χ4n) is 2.99. The van der Waals surface area contributed by atoms with Crippen LogP contribution in [0.1, 0.15) is 20.3 Å². The zero-order chi connectivity index (χ0) is 15.6. The van der Waals surface area contributed by atoms with Crippen molar-refractivity contribution < 1.29 is 19.2 Å². The van der Waals surface area contributed by atoms with Crippen LogP contribution in [0.3, 0.4) is 0 Å². The second-order valence-electron chi connectivity index (χ2n) is 5.47. The Morgan fingerprint density at radius 3 is 1.62 bits per heavy atom. The lowest BCUT2D eigenvalue weighted by molar-refractivity contribution is -0.142. The van der Waals surface area contributed by atoms with E-state index >= 15 is 0 Å². The Kier molecular flexibility index (Phi) is 4.69. The third kappa shape index (κ3) is 3.64. The molecule has 0 saturated carbocycles. The maximum atomic E-state index is 11.5. The van der Waals surface area contributed by atoms with E-state index in [4.69, 9.17) is 0 Å². The molecule has 2 rings (SSSR count). The first kappa shape index (κ1) is 15.6. The summed E-state index contributed by atoms with van der Waals surface area (Å²) in [5.74, 6) is -1.27. The van der Waals surface area contributed by atoms with Crippen LogP contribution in [0.4, 0.5) is 0 Å². The molecule has 0 radical (unpaired) electrons. The summed E-state index contributed by atoms with van der Waals surface area (Å²) in [6.07, 6.45) is 0.716. The van der Waals surface area contributed by atoms with E-state index in [0.717, 1.165) is 0 Å². The third-order valence-electron chi connectivity index (χ3n) is 3.96. The van der Waals surface area contributed by atoms with Crippen LogP contribution in [0.15, 0.2) is 0 Å². The highest BCUT2D eigenvalue weighted by Gasteiger charge is 2.35. The van der Waals surface area contributed by atoms with E-state index in [0.29, 0.717) is 6.42 Å². The molecule has 0 unspecified atom stereocenters. The average molecular weight is 296 g/mol. The third-order valence-corrected chi connectivity index (χ3v) is 3.96. The Hall–Kier alpha value is -1.80. The van der Waals surface area contributed by atoms with Crippen LogP contribution in [0, 0.1) is 0 Å². The van der Waals surface area contributed by atoms with Crippen molar-refractivity contribution in [1.29, 1.82) is 0 Å². The fraction of sp³-hybridized carbons (Fsp3) is 0.692. The highest BCUT2D eigenvalue weighted by Crippen LogP contribution is 2.16. The van der Waals surface area contributed by atoms with Crippen molar-refractivity contribution in [3.05, 3.63) is 0 Å². The molecule has 0 aliphatic carbocycles. The van der Waals surface area contributed by atoms with Gasteiger partial charge in [0.25, 0.3) is 0 Å². The van der Waals surface area contributed by atoms with Gasteiger partial charge in [-0.1, -0.05) is 6.92 Å². The molecule has 2 N–H and O–H groups in total. The predicted octanol–water partition coefficient (Wildman–Crippen LogP) is -1.93. The van der Waals surface area contributed by atoms with E-state index in [-0.39, 0.29) is 61.9 Å². The standard InChI is InChI=1S/C13H20N4O4/c1-3-9(17-6-12(20)15-13(21)7-17)8(2)16-4-10(18)14-11(19)5-16/h8-9H,3-7H2,1-2H3,(H,14,18,19)(H,15,20,21)/t8-,9+/m0/s1. The van der Waals surface area contributed by atoms with Crippen molar-refractivity contribution in [3.63, 3.8) is 0 Å². The maximum Gasteiger partial charge on any atom is 0.240 e. The largest absolute Gasteiger partial charge is 0.294 e. The molecule has 0 bridgehead atoms. The molecular weight excluding hydrogens is 276 g/mol. The lowest BCUT2D eigenvalue weighted by atomic mass is 10.0. The van der Waals surface area contributed by atoms with Gasteiger partial charge < -0.3 is 0 Å². The highest BCUT2D eigenvalue weighted by atomic mass is 16.2. The SMILES string of the molecule is CC[C@H]([C@H](C)N1CC(=O)NC(=O)C1)N1CC(=O)NC(=O)C1. The Morgan fingerprint density at radius 2 is 1.24 bits per heavy atom. The van der Waals surface area contributed by atoms with E-state index in [1.165, 1.54) is 0 Å². The predicted molar refractivity (Wildman–Crippen MR) is 73.0 cm³/mol. The minimum Gasteiger partial charge on any atom is -0.294 e. The molecule has 0 aromatic rings. The Morgan fingerprint density at radius 1 is 0.857 bits per heavy atom. The molecule has 0 aromatic carbocycles. The van der Waals surface area contributed by atoms with Crippen LogP contribution in [0.2, 0.25) is 0 Å². The van der Waals surface area contributed by atoms with Gasteiger partial charge in [0.1, 0.15) is 0 Å². The molecule has 8 nitrogen and oxygen atoms in total. The monoisotopic (exact) mass is 296 g/mol. The van der Waals surface area contributed by atoms with Crippen LogP contribution >= 0.6 is 0 Å². The Balaban J connectivity index is 2.08. The van der Waals surface area contributed by atoms with Gasteiger partial charge in [-0.15, -0.1) is 0 Å². The molecule has 2 saturated heterocycles. The number of nitrogens with one attached hydrogen (secondary N) is 2. The number of carbonyl (C=O) groups is 4. The van der Waals surface area contributed by atoms with E-state index in [1.54, 1.807) is 4.90 Å². The summed E-state index contributed by atoms with van der Waals surface area (Å²) in [6, 6.07) is -0.178. The zero-order valence-corrected chi connectivity index (χ0v) is 12.2. The zero-order valence-electron chi connectivity index (χ0n) is 12.2. The van der Waals surface area contributed by atoms with Crippen LogP contribution < -0.4 is 10.6 Å². The molecule has 2 aliphatic heterocycles. The van der Waals surface area contributed by atoms with Crippen LogP contribution in [-0.4, -0.2) is 71.7 Å². The summed E-state index contributed by atoms with van der Waals surface area (Å²) in [5.41, 5.74) is 0. The van der Waals surface area contributed by atoms with Gasteiger partial charge in [0, 0.05) is 12.1 Å². The lowest BCUT2D eigenvalue weighted by Gasteiger charge is -2.41. The number of imide groups is 2. The van der Waals surface area contributed by atoms with Gasteiger partial charge in [-0.05, 0) is 13.3 Å². The van der Waals surface area contributed by atoms with Gasteiger partial charge in [-0.25, -0.2) is 0 Å². The molecule has 0 aromatic heterocycles. The minimum absolute atomic E-state index is 0.0706. The Bertz CT molecular complexity index is 447.